The summed E-state index contributed by atoms with van der Waals surface area (Å²) in [6.07, 6.45) is 1.78. The van der Waals surface area contributed by atoms with Crippen LogP contribution < -0.4 is 10.5 Å². The first-order valence-electron chi connectivity index (χ1n) is 3.97. The molecule has 0 bridgehead atoms. The Morgan fingerprint density at radius 1 is 1.46 bits per heavy atom. The average Bonchev–Trinajstić information content (AvgIpc) is 2.46. The Morgan fingerprint density at radius 3 is 2.92 bits per heavy atom. The minimum absolute atomic E-state index is 0.642. The van der Waals surface area contributed by atoms with Crippen LogP contribution in [0.2, 0.25) is 0 Å². The summed E-state index contributed by atoms with van der Waals surface area (Å²) in [5, 5.41) is 5.15. The first-order chi connectivity index (χ1) is 6.22. The molecule has 0 aliphatic heterocycles. The summed E-state index contributed by atoms with van der Waals surface area (Å²) in [6, 6.07) is 3.75. The zero-order valence-electron chi connectivity index (χ0n) is 7.61. The van der Waals surface area contributed by atoms with Gasteiger partial charge in [0.05, 0.1) is 24.5 Å². The number of nitrogen functional groups attached to an aromatic ring is 1. The van der Waals surface area contributed by atoms with Crippen LogP contribution in [0.3, 0.4) is 0 Å². The van der Waals surface area contributed by atoms with E-state index < -0.39 is 0 Å². The van der Waals surface area contributed by atoms with Gasteiger partial charge in [-0.25, -0.2) is 0 Å². The Morgan fingerprint density at radius 2 is 2.23 bits per heavy atom. The van der Waals surface area contributed by atoms with E-state index in [0.717, 1.165) is 10.9 Å². The number of hydrogen-bond donors (Lipinski definition) is 1. The Bertz CT molecular complexity index is 447. The van der Waals surface area contributed by atoms with Gasteiger partial charge in [0.2, 0.25) is 0 Å². The zero-order chi connectivity index (χ0) is 9.42. The van der Waals surface area contributed by atoms with E-state index in [0.29, 0.717) is 11.4 Å². The van der Waals surface area contributed by atoms with Crippen molar-refractivity contribution in [2.75, 3.05) is 12.8 Å². The Kier molecular flexibility index (Phi) is 1.62. The lowest BCUT2D eigenvalue weighted by Crippen LogP contribution is -1.94. The van der Waals surface area contributed by atoms with Crippen LogP contribution in [0.15, 0.2) is 18.3 Å². The lowest BCUT2D eigenvalue weighted by atomic mass is 10.2. The maximum absolute atomic E-state index is 5.74. The van der Waals surface area contributed by atoms with E-state index in [1.165, 1.54) is 0 Å². The van der Waals surface area contributed by atoms with E-state index in [2.05, 4.69) is 5.10 Å². The van der Waals surface area contributed by atoms with Crippen LogP contribution in [-0.2, 0) is 7.05 Å². The average molecular weight is 177 g/mol. The van der Waals surface area contributed by atoms with E-state index in [4.69, 9.17) is 10.5 Å². The summed E-state index contributed by atoms with van der Waals surface area (Å²) in [4.78, 5) is 0. The molecule has 0 unspecified atom stereocenters. The molecule has 1 aromatic carbocycles. The van der Waals surface area contributed by atoms with Crippen molar-refractivity contribution in [3.63, 3.8) is 0 Å². The minimum atomic E-state index is 0.642. The Labute approximate surface area is 75.9 Å². The third-order valence-electron chi connectivity index (χ3n) is 2.10. The highest BCUT2D eigenvalue weighted by Crippen LogP contribution is 2.26. The minimum Gasteiger partial charge on any atom is -0.495 e. The molecule has 4 heteroatoms. The highest BCUT2D eigenvalue weighted by Gasteiger charge is 2.04. The molecule has 0 saturated carbocycles. The highest BCUT2D eigenvalue weighted by molar-refractivity contribution is 5.85. The number of fused-ring (bicyclic) bond motifs is 1. The lowest BCUT2D eigenvalue weighted by Gasteiger charge is -2.04. The van der Waals surface area contributed by atoms with Gasteiger partial charge in [-0.05, 0) is 6.07 Å². The molecule has 1 aromatic heterocycles. The van der Waals surface area contributed by atoms with Gasteiger partial charge in [-0.3, -0.25) is 4.68 Å². The molecule has 0 saturated heterocycles. The second-order valence-corrected chi connectivity index (χ2v) is 2.92. The van der Waals surface area contributed by atoms with Gasteiger partial charge in [0, 0.05) is 18.5 Å². The molecule has 0 spiro atoms. The normalized spacial score (nSPS) is 10.6. The summed E-state index contributed by atoms with van der Waals surface area (Å²) >= 11 is 0. The molecule has 0 amide bonds. The molecule has 0 radical (unpaired) electrons. The van der Waals surface area contributed by atoms with Gasteiger partial charge in [-0.15, -0.1) is 0 Å². The van der Waals surface area contributed by atoms with Crippen LogP contribution in [0.4, 0.5) is 5.69 Å². The molecular formula is C9H11N3O. The topological polar surface area (TPSA) is 53.1 Å². The number of methoxy groups -OCH3 is 1. The monoisotopic (exact) mass is 177 g/mol. The SMILES string of the molecule is COc1cc2c(cnn2C)cc1N. The third kappa shape index (κ3) is 1.11. The number of ether oxygens (including phenoxy) is 1. The van der Waals surface area contributed by atoms with Crippen molar-refractivity contribution in [3.8, 4) is 5.75 Å². The molecular weight excluding hydrogens is 166 g/mol. The summed E-state index contributed by atoms with van der Waals surface area (Å²) in [6.45, 7) is 0. The summed E-state index contributed by atoms with van der Waals surface area (Å²) < 4.78 is 6.90. The fourth-order valence-corrected chi connectivity index (χ4v) is 1.37. The number of nitrogens with two attached hydrogens (primary N) is 1. The van der Waals surface area contributed by atoms with Crippen LogP contribution in [0.5, 0.6) is 5.75 Å². The van der Waals surface area contributed by atoms with Crippen LogP contribution in [0, 0.1) is 0 Å². The Balaban J connectivity index is 2.77. The highest BCUT2D eigenvalue weighted by atomic mass is 16.5. The first kappa shape index (κ1) is 7.91. The number of aryl methyl sites for hydroxylation is 1. The maximum atomic E-state index is 5.74. The summed E-state index contributed by atoms with van der Waals surface area (Å²) in [7, 11) is 3.49. The molecule has 2 rings (SSSR count). The van der Waals surface area contributed by atoms with Crippen molar-refractivity contribution in [1.29, 1.82) is 0 Å². The van der Waals surface area contributed by atoms with Crippen molar-refractivity contribution in [3.05, 3.63) is 18.3 Å². The van der Waals surface area contributed by atoms with Gasteiger partial charge in [-0.1, -0.05) is 0 Å². The molecule has 4 nitrogen and oxygen atoms in total. The molecule has 13 heavy (non-hydrogen) atoms. The van der Waals surface area contributed by atoms with E-state index >= 15 is 0 Å². The molecule has 2 N–H and O–H groups in total. The van der Waals surface area contributed by atoms with Crippen LogP contribution >= 0.6 is 0 Å². The summed E-state index contributed by atoms with van der Waals surface area (Å²) in [5.74, 6) is 0.691. The van der Waals surface area contributed by atoms with Crippen molar-refractivity contribution < 1.29 is 4.74 Å². The van der Waals surface area contributed by atoms with Gasteiger partial charge in [-0.2, -0.15) is 5.10 Å². The Hall–Kier alpha value is -1.71. The molecule has 0 atom stereocenters. The van der Waals surface area contributed by atoms with E-state index in [9.17, 15) is 0 Å². The van der Waals surface area contributed by atoms with Gasteiger partial charge in [0.1, 0.15) is 5.75 Å². The van der Waals surface area contributed by atoms with Gasteiger partial charge < -0.3 is 10.5 Å². The van der Waals surface area contributed by atoms with E-state index in [-0.39, 0.29) is 0 Å². The number of hydrogen-bond acceptors (Lipinski definition) is 3. The number of anilines is 1. The van der Waals surface area contributed by atoms with Crippen LogP contribution in [0.25, 0.3) is 10.9 Å². The maximum Gasteiger partial charge on any atom is 0.143 e. The second kappa shape index (κ2) is 2.65. The first-order valence-corrected chi connectivity index (χ1v) is 3.97. The van der Waals surface area contributed by atoms with Crippen molar-refractivity contribution >= 4 is 16.6 Å². The van der Waals surface area contributed by atoms with Gasteiger partial charge in [0.25, 0.3) is 0 Å². The number of rotatable bonds is 1. The second-order valence-electron chi connectivity index (χ2n) is 2.92. The molecule has 0 aliphatic rings. The molecule has 2 aromatic rings. The number of benzene rings is 1. The molecule has 0 aliphatic carbocycles. The smallest absolute Gasteiger partial charge is 0.143 e. The fraction of sp³-hybridized carbons (Fsp3) is 0.222. The number of nitrogens with zero attached hydrogens (tertiary/aromatic N) is 2. The number of aromatic nitrogens is 2. The van der Waals surface area contributed by atoms with Crippen molar-refractivity contribution in [2.45, 2.75) is 0 Å². The zero-order valence-corrected chi connectivity index (χ0v) is 7.61. The predicted octanol–water partition coefficient (Wildman–Crippen LogP) is 1.16. The standard InChI is InChI=1S/C9H11N3O/c1-12-8-4-9(13-2)7(10)3-6(8)5-11-12/h3-5H,10H2,1-2H3. The largest absolute Gasteiger partial charge is 0.495 e. The molecule has 1 heterocycles. The van der Waals surface area contributed by atoms with Crippen molar-refractivity contribution in [2.24, 2.45) is 7.05 Å². The summed E-state index contributed by atoms with van der Waals surface area (Å²) in [5.41, 5.74) is 7.41. The quantitative estimate of drug-likeness (QED) is 0.665. The molecule has 68 valence electrons. The molecule has 0 fully saturated rings. The van der Waals surface area contributed by atoms with Gasteiger partial charge in [0.15, 0.2) is 0 Å². The lowest BCUT2D eigenvalue weighted by molar-refractivity contribution is 0.417. The van der Waals surface area contributed by atoms with Crippen LogP contribution in [-0.4, -0.2) is 16.9 Å². The van der Waals surface area contributed by atoms with E-state index in [1.807, 2.05) is 19.2 Å². The third-order valence-corrected chi connectivity index (χ3v) is 2.10. The van der Waals surface area contributed by atoms with E-state index in [1.54, 1.807) is 18.0 Å². The predicted molar refractivity (Wildman–Crippen MR) is 51.7 cm³/mol. The van der Waals surface area contributed by atoms with Gasteiger partial charge >= 0.3 is 0 Å². The fourth-order valence-electron chi connectivity index (χ4n) is 1.37. The van der Waals surface area contributed by atoms with Crippen molar-refractivity contribution in [1.82, 2.24) is 9.78 Å². The van der Waals surface area contributed by atoms with Crippen LogP contribution in [0.1, 0.15) is 0 Å².